The lowest BCUT2D eigenvalue weighted by atomic mass is 10.1. The van der Waals surface area contributed by atoms with Crippen molar-refractivity contribution in [3.63, 3.8) is 0 Å². The minimum Gasteiger partial charge on any atom is -0.471 e. The summed E-state index contributed by atoms with van der Waals surface area (Å²) >= 11 is 0. The second-order valence-electron chi connectivity index (χ2n) is 8.04. The van der Waals surface area contributed by atoms with E-state index in [2.05, 4.69) is 11.1 Å². The van der Waals surface area contributed by atoms with Crippen LogP contribution in [0.3, 0.4) is 0 Å². The lowest BCUT2D eigenvalue weighted by Crippen LogP contribution is -2.31. The van der Waals surface area contributed by atoms with E-state index in [1.807, 2.05) is 36.0 Å². The average molecular weight is 414 g/mol. The molecule has 1 saturated carbocycles. The molecule has 1 aromatic carbocycles. The van der Waals surface area contributed by atoms with Gasteiger partial charge in [-0.05, 0) is 44.0 Å². The zero-order valence-corrected chi connectivity index (χ0v) is 17.2. The Morgan fingerprint density at radius 1 is 1.29 bits per heavy atom. The lowest BCUT2D eigenvalue weighted by Gasteiger charge is -2.28. The first kappa shape index (κ1) is 19.1. The number of amides is 1. The quantitative estimate of drug-likeness (QED) is 0.699. The molecule has 156 valence electrons. The molecule has 31 heavy (non-hydrogen) atoms. The fourth-order valence-corrected chi connectivity index (χ4v) is 4.48. The molecular weight excluding hydrogens is 392 g/mol. The molecule has 5 rings (SSSR count). The van der Waals surface area contributed by atoms with Crippen LogP contribution in [0.15, 0.2) is 48.6 Å². The van der Waals surface area contributed by atoms with E-state index in [0.29, 0.717) is 17.3 Å². The Hall–Kier alpha value is -3.86. The number of primary amides is 1. The van der Waals surface area contributed by atoms with Gasteiger partial charge in [0.1, 0.15) is 18.0 Å². The number of ether oxygens (including phenoxy) is 1. The van der Waals surface area contributed by atoms with Crippen LogP contribution in [0.4, 0.5) is 5.69 Å². The highest BCUT2D eigenvalue weighted by Gasteiger charge is 2.35. The van der Waals surface area contributed by atoms with Gasteiger partial charge >= 0.3 is 0 Å². The van der Waals surface area contributed by atoms with Crippen LogP contribution in [0.2, 0.25) is 0 Å². The largest absolute Gasteiger partial charge is 0.471 e. The van der Waals surface area contributed by atoms with Crippen molar-refractivity contribution >= 4 is 22.5 Å². The van der Waals surface area contributed by atoms with Gasteiger partial charge in [0.15, 0.2) is 0 Å². The third-order valence-electron chi connectivity index (χ3n) is 5.98. The van der Waals surface area contributed by atoms with Gasteiger partial charge in [-0.15, -0.1) is 0 Å². The van der Waals surface area contributed by atoms with Crippen molar-refractivity contribution < 1.29 is 9.53 Å². The highest BCUT2D eigenvalue weighted by Crippen LogP contribution is 2.40. The second kappa shape index (κ2) is 7.43. The van der Waals surface area contributed by atoms with Crippen molar-refractivity contribution in [3.8, 4) is 6.07 Å². The summed E-state index contributed by atoms with van der Waals surface area (Å²) in [6.45, 7) is 1.88. The summed E-state index contributed by atoms with van der Waals surface area (Å²) in [6, 6.07) is 10.0. The number of aryl methyl sites for hydroxylation is 1. The molecule has 1 aliphatic heterocycles. The minimum atomic E-state index is -0.626. The second-order valence-corrected chi connectivity index (χ2v) is 8.04. The lowest BCUT2D eigenvalue weighted by molar-refractivity contribution is -0.114. The van der Waals surface area contributed by atoms with Crippen LogP contribution in [0.1, 0.15) is 54.8 Å². The van der Waals surface area contributed by atoms with Gasteiger partial charge in [-0.25, -0.2) is 0 Å². The smallest absolute Gasteiger partial charge is 0.268 e. The topological polar surface area (TPSA) is 110 Å². The fourth-order valence-electron chi connectivity index (χ4n) is 4.48. The summed E-state index contributed by atoms with van der Waals surface area (Å²) in [6.07, 6.45) is 9.09. The Labute approximate surface area is 179 Å². The number of anilines is 1. The Bertz CT molecular complexity index is 1250. The van der Waals surface area contributed by atoms with Crippen molar-refractivity contribution in [2.75, 3.05) is 4.90 Å². The molecule has 2 N–H and O–H groups in total. The summed E-state index contributed by atoms with van der Waals surface area (Å²) in [5.74, 6) is -0.626. The van der Waals surface area contributed by atoms with E-state index >= 15 is 0 Å². The highest BCUT2D eigenvalue weighted by molar-refractivity contribution is 5.98. The molecule has 2 aromatic heterocycles. The number of hydrogen-bond donors (Lipinski definition) is 1. The van der Waals surface area contributed by atoms with Crippen LogP contribution in [0, 0.1) is 18.3 Å². The number of rotatable bonds is 4. The van der Waals surface area contributed by atoms with Crippen LogP contribution in [0.25, 0.3) is 10.9 Å². The van der Waals surface area contributed by atoms with Crippen molar-refractivity contribution in [2.45, 2.75) is 44.9 Å². The maximum Gasteiger partial charge on any atom is 0.268 e. The van der Waals surface area contributed by atoms with Crippen LogP contribution < -0.4 is 10.6 Å². The molecule has 1 unspecified atom stereocenters. The van der Waals surface area contributed by atoms with Crippen LogP contribution in [-0.4, -0.2) is 20.7 Å². The van der Waals surface area contributed by atoms with Gasteiger partial charge in [0.05, 0.1) is 22.8 Å². The summed E-state index contributed by atoms with van der Waals surface area (Å²) < 4.78 is 7.85. The number of pyridine rings is 1. The highest BCUT2D eigenvalue weighted by atomic mass is 16.5. The summed E-state index contributed by atoms with van der Waals surface area (Å²) in [7, 11) is 0. The zero-order valence-electron chi connectivity index (χ0n) is 17.2. The van der Waals surface area contributed by atoms with Gasteiger partial charge in [0, 0.05) is 29.0 Å². The first-order valence-electron chi connectivity index (χ1n) is 10.4. The number of fused-ring (bicyclic) bond motifs is 1. The third kappa shape index (κ3) is 3.28. The van der Waals surface area contributed by atoms with Crippen molar-refractivity contribution in [1.82, 2.24) is 14.8 Å². The van der Waals surface area contributed by atoms with Gasteiger partial charge in [0.25, 0.3) is 5.91 Å². The zero-order chi connectivity index (χ0) is 21.5. The Morgan fingerprint density at radius 3 is 2.81 bits per heavy atom. The van der Waals surface area contributed by atoms with E-state index in [-0.39, 0.29) is 5.70 Å². The van der Waals surface area contributed by atoms with Gasteiger partial charge in [-0.3, -0.25) is 19.4 Å². The molecule has 0 bridgehead atoms. The summed E-state index contributed by atoms with van der Waals surface area (Å²) in [5.41, 5.74) is 9.19. The number of carbonyl (C=O) groups is 1. The van der Waals surface area contributed by atoms with E-state index < -0.39 is 12.1 Å². The Balaban J connectivity index is 1.64. The van der Waals surface area contributed by atoms with Crippen LogP contribution in [-0.2, 0) is 9.53 Å². The molecule has 1 fully saturated rings. The van der Waals surface area contributed by atoms with Crippen molar-refractivity contribution in [3.05, 3.63) is 65.4 Å². The SMILES string of the molecule is Cc1cc(C2OC=C(C(N)=O)N2c2cc3cn(C4CCCC4)nc3cc2C#N)ccn1. The molecule has 0 spiro atoms. The molecule has 0 saturated heterocycles. The molecular formula is C23H22N6O2. The number of benzene rings is 1. The Morgan fingerprint density at radius 2 is 2.10 bits per heavy atom. The van der Waals surface area contributed by atoms with Gasteiger partial charge in [-0.1, -0.05) is 12.8 Å². The molecule has 1 aliphatic carbocycles. The molecule has 1 atom stereocenters. The first-order valence-corrected chi connectivity index (χ1v) is 10.4. The standard InChI is InChI=1S/C23H22N6O2/c1-14-8-15(6-7-26-14)23-29(21(13-31-23)22(25)30)20-10-17-12-28(18-4-2-3-5-18)27-19(17)9-16(20)11-24/h6-10,12-13,18,23H,2-5H2,1H3,(H2,25,30). The van der Waals surface area contributed by atoms with E-state index in [0.717, 1.165) is 35.0 Å². The maximum atomic E-state index is 12.2. The van der Waals surface area contributed by atoms with E-state index in [1.165, 1.54) is 19.1 Å². The number of carbonyl (C=O) groups excluding carboxylic acids is 1. The van der Waals surface area contributed by atoms with E-state index in [9.17, 15) is 10.1 Å². The monoisotopic (exact) mass is 414 g/mol. The van der Waals surface area contributed by atoms with Crippen molar-refractivity contribution in [2.24, 2.45) is 5.73 Å². The molecule has 2 aliphatic rings. The van der Waals surface area contributed by atoms with Crippen molar-refractivity contribution in [1.29, 1.82) is 5.26 Å². The number of nitrogens with two attached hydrogens (primary N) is 1. The van der Waals surface area contributed by atoms with Gasteiger partial charge in [0.2, 0.25) is 6.23 Å². The van der Waals surface area contributed by atoms with Crippen LogP contribution in [0.5, 0.6) is 0 Å². The molecule has 8 nitrogen and oxygen atoms in total. The predicted molar refractivity (Wildman–Crippen MR) is 115 cm³/mol. The first-order chi connectivity index (χ1) is 15.0. The number of nitriles is 1. The van der Waals surface area contributed by atoms with Gasteiger partial charge in [-0.2, -0.15) is 10.4 Å². The molecule has 0 radical (unpaired) electrons. The van der Waals surface area contributed by atoms with Gasteiger partial charge < -0.3 is 10.5 Å². The van der Waals surface area contributed by atoms with Crippen LogP contribution >= 0.6 is 0 Å². The third-order valence-corrected chi connectivity index (χ3v) is 5.98. The average Bonchev–Trinajstić information content (AvgIpc) is 3.51. The Kier molecular flexibility index (Phi) is 4.59. The maximum absolute atomic E-state index is 12.2. The number of nitrogens with zero attached hydrogens (tertiary/aromatic N) is 5. The number of hydrogen-bond acceptors (Lipinski definition) is 6. The summed E-state index contributed by atoms with van der Waals surface area (Å²) in [5, 5.41) is 15.5. The number of aromatic nitrogens is 3. The summed E-state index contributed by atoms with van der Waals surface area (Å²) in [4.78, 5) is 18.1. The van der Waals surface area contributed by atoms with E-state index in [1.54, 1.807) is 17.2 Å². The normalized spacial score (nSPS) is 18.8. The van der Waals surface area contributed by atoms with E-state index in [4.69, 9.17) is 15.6 Å². The molecule has 3 heterocycles. The fraction of sp³-hybridized carbons (Fsp3) is 0.304. The molecule has 3 aromatic rings. The minimum absolute atomic E-state index is 0.193. The molecule has 8 heteroatoms. The molecule has 1 amide bonds. The predicted octanol–water partition coefficient (Wildman–Crippen LogP) is 3.59.